The molecule has 1 aliphatic carbocycles. The second-order valence-corrected chi connectivity index (χ2v) is 6.41. The number of nitrogens with one attached hydrogen (secondary N) is 1. The van der Waals surface area contributed by atoms with Crippen LogP contribution >= 0.6 is 11.3 Å². The van der Waals surface area contributed by atoms with Crippen LogP contribution in [-0.2, 0) is 12.8 Å². The van der Waals surface area contributed by atoms with E-state index in [1.807, 2.05) is 0 Å². The number of aromatic amines is 1. The van der Waals surface area contributed by atoms with Crippen LogP contribution in [0, 0.1) is 11.3 Å². The molecular formula is C12H21N2S+. The minimum Gasteiger partial charge on any atom is -0.278 e. The summed E-state index contributed by atoms with van der Waals surface area (Å²) in [7, 11) is 0. The van der Waals surface area contributed by atoms with Crippen LogP contribution in [0.3, 0.4) is 0 Å². The Bertz CT molecular complexity index is 355. The van der Waals surface area contributed by atoms with Gasteiger partial charge >= 0.3 is 5.13 Å². The first kappa shape index (κ1) is 10.9. The van der Waals surface area contributed by atoms with E-state index in [0.29, 0.717) is 5.41 Å². The van der Waals surface area contributed by atoms with Gasteiger partial charge in [0.25, 0.3) is 0 Å². The molecule has 84 valence electrons. The zero-order valence-corrected chi connectivity index (χ0v) is 10.7. The average Bonchev–Trinajstić information content (AvgIpc) is 2.56. The molecule has 1 aliphatic rings. The minimum absolute atomic E-state index is 0.469. The van der Waals surface area contributed by atoms with Crippen molar-refractivity contribution in [1.82, 2.24) is 0 Å². The molecule has 0 radical (unpaired) electrons. The van der Waals surface area contributed by atoms with E-state index >= 15 is 0 Å². The van der Waals surface area contributed by atoms with E-state index < -0.39 is 0 Å². The normalized spacial score (nSPS) is 21.4. The predicted molar refractivity (Wildman–Crippen MR) is 64.9 cm³/mol. The van der Waals surface area contributed by atoms with Crippen LogP contribution in [0.4, 0.5) is 5.13 Å². The zero-order chi connectivity index (χ0) is 11.1. The van der Waals surface area contributed by atoms with Crippen LogP contribution in [0.1, 0.15) is 44.2 Å². The van der Waals surface area contributed by atoms with Crippen molar-refractivity contribution >= 4 is 16.5 Å². The number of nitrogen functional groups attached to an aromatic ring is 1. The van der Waals surface area contributed by atoms with Crippen LogP contribution in [-0.4, -0.2) is 0 Å². The van der Waals surface area contributed by atoms with E-state index in [1.165, 1.54) is 36.3 Å². The van der Waals surface area contributed by atoms with Gasteiger partial charge in [-0.25, -0.2) is 4.98 Å². The quantitative estimate of drug-likeness (QED) is 0.826. The number of hydrogen-bond acceptors (Lipinski definition) is 2. The summed E-state index contributed by atoms with van der Waals surface area (Å²) in [6.07, 6.45) is 4.96. The van der Waals surface area contributed by atoms with Gasteiger partial charge in [-0.1, -0.05) is 38.5 Å². The van der Waals surface area contributed by atoms with Crippen molar-refractivity contribution in [3.63, 3.8) is 0 Å². The SMILES string of the molecule is CCC(C)(C)C1CCc2[nH+]c(N)sc2C1. The number of thiazole rings is 1. The molecule has 15 heavy (non-hydrogen) atoms. The van der Waals surface area contributed by atoms with Gasteiger partial charge in [-0.3, -0.25) is 5.73 Å². The highest BCUT2D eigenvalue weighted by atomic mass is 32.1. The molecule has 0 saturated heterocycles. The Morgan fingerprint density at radius 1 is 1.53 bits per heavy atom. The highest BCUT2D eigenvalue weighted by Crippen LogP contribution is 2.40. The molecule has 0 amide bonds. The molecule has 1 heterocycles. The number of rotatable bonds is 2. The number of aromatic nitrogens is 1. The van der Waals surface area contributed by atoms with Crippen molar-refractivity contribution in [3.8, 4) is 0 Å². The predicted octanol–water partition coefficient (Wildman–Crippen LogP) is 2.69. The fraction of sp³-hybridized carbons (Fsp3) is 0.750. The summed E-state index contributed by atoms with van der Waals surface area (Å²) in [5.41, 5.74) is 7.67. The summed E-state index contributed by atoms with van der Waals surface area (Å²) in [6.45, 7) is 7.08. The largest absolute Gasteiger partial charge is 0.329 e. The van der Waals surface area contributed by atoms with E-state index in [2.05, 4.69) is 25.8 Å². The van der Waals surface area contributed by atoms with Gasteiger partial charge in [0.15, 0.2) is 0 Å². The van der Waals surface area contributed by atoms with Gasteiger partial charge in [-0.2, -0.15) is 0 Å². The van der Waals surface area contributed by atoms with E-state index in [0.717, 1.165) is 11.0 Å². The van der Waals surface area contributed by atoms with Gasteiger partial charge < -0.3 is 0 Å². The van der Waals surface area contributed by atoms with Crippen molar-refractivity contribution in [2.75, 3.05) is 5.73 Å². The van der Waals surface area contributed by atoms with Crippen molar-refractivity contribution in [2.24, 2.45) is 11.3 Å². The second kappa shape index (κ2) is 3.78. The highest BCUT2D eigenvalue weighted by Gasteiger charge is 2.33. The molecule has 1 atom stereocenters. The molecule has 0 saturated carbocycles. The number of nitrogens with two attached hydrogens (primary N) is 1. The summed E-state index contributed by atoms with van der Waals surface area (Å²) in [4.78, 5) is 4.77. The van der Waals surface area contributed by atoms with Gasteiger partial charge in [0.2, 0.25) is 0 Å². The fourth-order valence-electron chi connectivity index (χ4n) is 2.41. The molecule has 0 fully saturated rings. The van der Waals surface area contributed by atoms with Crippen molar-refractivity contribution in [1.29, 1.82) is 0 Å². The molecule has 0 aliphatic heterocycles. The fourth-order valence-corrected chi connectivity index (χ4v) is 3.41. The zero-order valence-electron chi connectivity index (χ0n) is 9.89. The third-order valence-electron chi connectivity index (χ3n) is 4.03. The molecule has 1 unspecified atom stereocenters. The average molecular weight is 225 g/mol. The summed E-state index contributed by atoms with van der Waals surface area (Å²) < 4.78 is 0. The summed E-state index contributed by atoms with van der Waals surface area (Å²) >= 11 is 1.74. The van der Waals surface area contributed by atoms with Crippen LogP contribution in [0.5, 0.6) is 0 Å². The van der Waals surface area contributed by atoms with Crippen LogP contribution in [0.25, 0.3) is 0 Å². The van der Waals surface area contributed by atoms with Crippen LogP contribution < -0.4 is 10.7 Å². The number of aryl methyl sites for hydroxylation is 1. The smallest absolute Gasteiger partial charge is 0.278 e. The Balaban J connectivity index is 2.18. The number of hydrogen-bond donors (Lipinski definition) is 1. The Hall–Kier alpha value is -0.570. The van der Waals surface area contributed by atoms with Crippen LogP contribution in [0.15, 0.2) is 0 Å². The molecule has 3 N–H and O–H groups in total. The summed E-state index contributed by atoms with van der Waals surface area (Å²) in [6, 6.07) is 0. The first-order valence-corrected chi connectivity index (χ1v) is 6.64. The summed E-state index contributed by atoms with van der Waals surface area (Å²) in [5.74, 6) is 0.821. The Morgan fingerprint density at radius 2 is 2.27 bits per heavy atom. The Morgan fingerprint density at radius 3 is 2.93 bits per heavy atom. The molecule has 3 heteroatoms. The third kappa shape index (κ3) is 2.03. The monoisotopic (exact) mass is 225 g/mol. The standard InChI is InChI=1S/C12H20N2S/c1-4-12(2,3)8-5-6-9-10(7-8)15-11(13)14-9/h8H,4-7H2,1-3H3,(H2,13,14)/p+1. The third-order valence-corrected chi connectivity index (χ3v) is 5.02. The molecular weight excluding hydrogens is 204 g/mol. The minimum atomic E-state index is 0.469. The second-order valence-electron chi connectivity index (χ2n) is 5.27. The Labute approximate surface area is 95.9 Å². The van der Waals surface area contributed by atoms with Gasteiger partial charge in [0.05, 0.1) is 4.88 Å². The summed E-state index contributed by atoms with van der Waals surface area (Å²) in [5, 5.41) is 0.870. The van der Waals surface area contributed by atoms with Crippen molar-refractivity contribution in [2.45, 2.75) is 46.5 Å². The Kier molecular flexibility index (Phi) is 2.75. The van der Waals surface area contributed by atoms with Gasteiger partial charge in [0, 0.05) is 6.42 Å². The lowest BCUT2D eigenvalue weighted by molar-refractivity contribution is -0.368. The van der Waals surface area contributed by atoms with E-state index in [1.54, 1.807) is 11.3 Å². The topological polar surface area (TPSA) is 40.2 Å². The first-order valence-electron chi connectivity index (χ1n) is 5.82. The lowest BCUT2D eigenvalue weighted by atomic mass is 9.70. The van der Waals surface area contributed by atoms with E-state index in [9.17, 15) is 0 Å². The highest BCUT2D eigenvalue weighted by molar-refractivity contribution is 7.15. The molecule has 0 aromatic carbocycles. The van der Waals surface area contributed by atoms with E-state index in [-0.39, 0.29) is 0 Å². The van der Waals surface area contributed by atoms with E-state index in [4.69, 9.17) is 5.73 Å². The van der Waals surface area contributed by atoms with Crippen molar-refractivity contribution in [3.05, 3.63) is 10.6 Å². The van der Waals surface area contributed by atoms with Gasteiger partial charge in [-0.15, -0.1) is 0 Å². The molecule has 0 bridgehead atoms. The maximum absolute atomic E-state index is 5.81. The maximum atomic E-state index is 5.81. The molecule has 2 nitrogen and oxygen atoms in total. The molecule has 1 aromatic rings. The first-order chi connectivity index (χ1) is 7.03. The number of H-pyrrole nitrogens is 1. The number of fused-ring (bicyclic) bond motifs is 1. The lowest BCUT2D eigenvalue weighted by Crippen LogP contribution is -2.30. The van der Waals surface area contributed by atoms with Gasteiger partial charge in [-0.05, 0) is 24.2 Å². The van der Waals surface area contributed by atoms with Crippen molar-refractivity contribution < 1.29 is 4.98 Å². The molecule has 1 aromatic heterocycles. The van der Waals surface area contributed by atoms with Crippen LogP contribution in [0.2, 0.25) is 0 Å². The maximum Gasteiger partial charge on any atom is 0.329 e. The molecule has 2 rings (SSSR count). The molecule has 0 spiro atoms. The lowest BCUT2D eigenvalue weighted by Gasteiger charge is -2.35. The van der Waals surface area contributed by atoms with Gasteiger partial charge in [0.1, 0.15) is 5.69 Å². The number of anilines is 1.